The molecule has 0 aliphatic carbocycles. The van der Waals surface area contributed by atoms with Crippen LogP contribution < -0.4 is 10.2 Å². The zero-order chi connectivity index (χ0) is 20.0. The van der Waals surface area contributed by atoms with Gasteiger partial charge < -0.3 is 15.0 Å². The molecule has 1 saturated heterocycles. The molecule has 2 N–H and O–H groups in total. The molecule has 0 aromatic heterocycles. The van der Waals surface area contributed by atoms with E-state index < -0.39 is 0 Å². The number of quaternary nitrogens is 1. The predicted molar refractivity (Wildman–Crippen MR) is 108 cm³/mol. The first-order chi connectivity index (χ1) is 12.8. The minimum Gasteiger partial charge on any atom is -0.466 e. The summed E-state index contributed by atoms with van der Waals surface area (Å²) in [5.41, 5.74) is 3.35. The molecule has 0 saturated carbocycles. The Morgan fingerprint density at radius 3 is 2.15 bits per heavy atom. The zero-order valence-corrected chi connectivity index (χ0v) is 17.4. The number of rotatable bonds is 7. The Hall–Kier alpha value is -1.88. The van der Waals surface area contributed by atoms with Gasteiger partial charge in [0.1, 0.15) is 0 Å². The molecule has 1 heterocycles. The number of nitrogens with one attached hydrogen (secondary N) is 2. The molecule has 2 rings (SSSR count). The van der Waals surface area contributed by atoms with Crippen LogP contribution in [0.15, 0.2) is 18.2 Å². The van der Waals surface area contributed by atoms with Crippen molar-refractivity contribution >= 4 is 17.6 Å². The molecule has 5 heteroatoms. The van der Waals surface area contributed by atoms with Gasteiger partial charge in [-0.15, -0.1) is 0 Å². The highest BCUT2D eigenvalue weighted by atomic mass is 16.5. The molecule has 0 bridgehead atoms. The molecule has 150 valence electrons. The van der Waals surface area contributed by atoms with Crippen molar-refractivity contribution in [1.29, 1.82) is 0 Å². The molecule has 1 aliphatic rings. The van der Waals surface area contributed by atoms with E-state index in [1.165, 1.54) is 16.0 Å². The Morgan fingerprint density at radius 2 is 1.67 bits per heavy atom. The highest BCUT2D eigenvalue weighted by Gasteiger charge is 2.29. The third-order valence-electron chi connectivity index (χ3n) is 5.36. The number of carbonyl (C=O) groups excluding carboxylic acids is 2. The molecular formula is C22H35N2O3+. The fourth-order valence-electron chi connectivity index (χ4n) is 3.80. The molecule has 27 heavy (non-hydrogen) atoms. The summed E-state index contributed by atoms with van der Waals surface area (Å²) in [5.74, 6) is 0.660. The molecule has 1 aromatic rings. The number of ether oxygens (including phenoxy) is 1. The fourth-order valence-corrected chi connectivity index (χ4v) is 3.80. The van der Waals surface area contributed by atoms with Crippen molar-refractivity contribution in [2.75, 3.05) is 31.6 Å². The van der Waals surface area contributed by atoms with Crippen molar-refractivity contribution in [1.82, 2.24) is 0 Å². The summed E-state index contributed by atoms with van der Waals surface area (Å²) in [4.78, 5) is 25.8. The van der Waals surface area contributed by atoms with E-state index in [0.717, 1.165) is 31.6 Å². The molecule has 1 aromatic carbocycles. The summed E-state index contributed by atoms with van der Waals surface area (Å²) < 4.78 is 5.12. The summed E-state index contributed by atoms with van der Waals surface area (Å²) in [6.07, 6.45) is 1.59. The van der Waals surface area contributed by atoms with Crippen molar-refractivity contribution in [3.8, 4) is 0 Å². The topological polar surface area (TPSA) is 59.8 Å². The zero-order valence-electron chi connectivity index (χ0n) is 17.4. The Morgan fingerprint density at radius 1 is 1.11 bits per heavy atom. The lowest BCUT2D eigenvalue weighted by molar-refractivity contribution is -0.897. The molecule has 1 amide bonds. The lowest BCUT2D eigenvalue weighted by atomic mass is 9.92. The lowest BCUT2D eigenvalue weighted by Gasteiger charge is -2.28. The molecule has 0 unspecified atom stereocenters. The van der Waals surface area contributed by atoms with Crippen LogP contribution in [0.25, 0.3) is 0 Å². The van der Waals surface area contributed by atoms with Gasteiger partial charge in [0.05, 0.1) is 25.6 Å². The van der Waals surface area contributed by atoms with Gasteiger partial charge >= 0.3 is 5.97 Å². The van der Waals surface area contributed by atoms with Gasteiger partial charge in [-0.2, -0.15) is 0 Å². The summed E-state index contributed by atoms with van der Waals surface area (Å²) >= 11 is 0. The number of carbonyl (C=O) groups is 2. The summed E-state index contributed by atoms with van der Waals surface area (Å²) in [5, 5.41) is 3.19. The van der Waals surface area contributed by atoms with E-state index in [2.05, 4.69) is 51.2 Å². The largest absolute Gasteiger partial charge is 0.466 e. The summed E-state index contributed by atoms with van der Waals surface area (Å²) in [7, 11) is 0. The first-order valence-electron chi connectivity index (χ1n) is 10.3. The van der Waals surface area contributed by atoms with Crippen LogP contribution in [-0.2, 0) is 14.3 Å². The number of likely N-dealkylation sites (tertiary alicyclic amines) is 1. The van der Waals surface area contributed by atoms with Gasteiger partial charge in [-0.3, -0.25) is 9.59 Å². The first-order valence-corrected chi connectivity index (χ1v) is 10.3. The van der Waals surface area contributed by atoms with Crippen LogP contribution in [0.1, 0.15) is 70.4 Å². The van der Waals surface area contributed by atoms with Crippen LogP contribution in [0.4, 0.5) is 5.69 Å². The van der Waals surface area contributed by atoms with Crippen molar-refractivity contribution in [3.05, 3.63) is 29.3 Å². The minimum atomic E-state index is -0.0894. The maximum Gasteiger partial charge on any atom is 0.309 e. The van der Waals surface area contributed by atoms with Crippen LogP contribution in [0.2, 0.25) is 0 Å². The lowest BCUT2D eigenvalue weighted by Crippen LogP contribution is -3.14. The van der Waals surface area contributed by atoms with Crippen LogP contribution in [0, 0.1) is 5.92 Å². The Labute approximate surface area is 163 Å². The van der Waals surface area contributed by atoms with Gasteiger partial charge in [0.25, 0.3) is 5.91 Å². The second-order valence-corrected chi connectivity index (χ2v) is 8.12. The van der Waals surface area contributed by atoms with Crippen LogP contribution >= 0.6 is 0 Å². The number of esters is 1. The van der Waals surface area contributed by atoms with Crippen LogP contribution in [0.3, 0.4) is 0 Å². The molecule has 5 nitrogen and oxygen atoms in total. The SMILES string of the molecule is CCOC(=O)C1CC[NH+](CC(=O)Nc2c(C(C)C)cccc2C(C)C)CC1. The number of para-hydroxylation sites is 1. The van der Waals surface area contributed by atoms with Crippen molar-refractivity contribution in [3.63, 3.8) is 0 Å². The Kier molecular flexibility index (Phi) is 7.84. The molecule has 0 spiro atoms. The first kappa shape index (κ1) is 21.4. The van der Waals surface area contributed by atoms with Crippen molar-refractivity contribution in [2.45, 2.75) is 59.3 Å². The van der Waals surface area contributed by atoms with E-state index >= 15 is 0 Å². The van der Waals surface area contributed by atoms with Crippen LogP contribution in [-0.4, -0.2) is 38.1 Å². The number of hydrogen-bond acceptors (Lipinski definition) is 3. The number of benzene rings is 1. The maximum atomic E-state index is 12.7. The van der Waals surface area contributed by atoms with Gasteiger partial charge in [-0.1, -0.05) is 45.9 Å². The van der Waals surface area contributed by atoms with Crippen molar-refractivity contribution in [2.24, 2.45) is 5.92 Å². The van der Waals surface area contributed by atoms with Gasteiger partial charge in [0, 0.05) is 18.5 Å². The molecule has 1 fully saturated rings. The normalized spacial score (nSPS) is 20.0. The number of hydrogen-bond donors (Lipinski definition) is 2. The molecule has 1 aliphatic heterocycles. The number of piperidine rings is 1. The monoisotopic (exact) mass is 375 g/mol. The molecule has 0 radical (unpaired) electrons. The second kappa shape index (κ2) is 9.88. The van der Waals surface area contributed by atoms with E-state index in [1.807, 2.05) is 6.92 Å². The van der Waals surface area contributed by atoms with Gasteiger partial charge in [0.15, 0.2) is 6.54 Å². The third kappa shape index (κ3) is 5.80. The smallest absolute Gasteiger partial charge is 0.309 e. The van der Waals surface area contributed by atoms with E-state index in [1.54, 1.807) is 0 Å². The van der Waals surface area contributed by atoms with E-state index in [9.17, 15) is 9.59 Å². The molecule has 0 atom stereocenters. The highest BCUT2D eigenvalue weighted by molar-refractivity contribution is 5.93. The number of amides is 1. The van der Waals surface area contributed by atoms with Crippen LogP contribution in [0.5, 0.6) is 0 Å². The van der Waals surface area contributed by atoms with E-state index in [-0.39, 0.29) is 17.8 Å². The average Bonchev–Trinajstić information content (AvgIpc) is 2.62. The predicted octanol–water partition coefficient (Wildman–Crippen LogP) is 2.73. The number of anilines is 1. The van der Waals surface area contributed by atoms with Gasteiger partial charge in [-0.25, -0.2) is 0 Å². The maximum absolute atomic E-state index is 12.7. The minimum absolute atomic E-state index is 0.00836. The fraction of sp³-hybridized carbons (Fsp3) is 0.636. The second-order valence-electron chi connectivity index (χ2n) is 8.12. The summed E-state index contributed by atoms with van der Waals surface area (Å²) in [6, 6.07) is 6.28. The third-order valence-corrected chi connectivity index (χ3v) is 5.36. The summed E-state index contributed by atoms with van der Waals surface area (Å²) in [6.45, 7) is 13.0. The van der Waals surface area contributed by atoms with E-state index in [4.69, 9.17) is 4.74 Å². The highest BCUT2D eigenvalue weighted by Crippen LogP contribution is 2.32. The van der Waals surface area contributed by atoms with Gasteiger partial charge in [0.2, 0.25) is 0 Å². The van der Waals surface area contributed by atoms with Crippen molar-refractivity contribution < 1.29 is 19.2 Å². The Balaban J connectivity index is 1.98. The molecular weight excluding hydrogens is 340 g/mol. The van der Waals surface area contributed by atoms with E-state index in [0.29, 0.717) is 25.0 Å². The standard InChI is InChI=1S/C22H34N2O3/c1-6-27-22(26)17-10-12-24(13-11-17)14-20(25)23-21-18(15(2)3)8-7-9-19(21)16(4)5/h7-9,15-17H,6,10-14H2,1-5H3,(H,23,25)/p+1. The Bertz CT molecular complexity index is 621. The quantitative estimate of drug-likeness (QED) is 0.721. The van der Waals surface area contributed by atoms with Gasteiger partial charge in [-0.05, 0) is 29.9 Å². The average molecular weight is 376 g/mol.